The number of alkyl carbamates (subject to hydrolysis) is 1. The van der Waals surface area contributed by atoms with Crippen LogP contribution in [0, 0.1) is 6.92 Å². The normalized spacial score (nSPS) is 12.9. The van der Waals surface area contributed by atoms with E-state index in [0.29, 0.717) is 10.8 Å². The van der Waals surface area contributed by atoms with Crippen LogP contribution in [-0.4, -0.2) is 27.0 Å². The maximum atomic E-state index is 11.8. The van der Waals surface area contributed by atoms with Crippen LogP contribution in [0.3, 0.4) is 0 Å². The van der Waals surface area contributed by atoms with Gasteiger partial charge in [-0.3, -0.25) is 10.1 Å². The van der Waals surface area contributed by atoms with Crippen LogP contribution in [-0.2, 0) is 9.53 Å². The zero-order valence-corrected chi connectivity index (χ0v) is 11.9. The molecule has 1 heterocycles. The van der Waals surface area contributed by atoms with Crippen molar-refractivity contribution in [3.63, 3.8) is 0 Å². The Morgan fingerprint density at radius 3 is 2.44 bits per heavy atom. The summed E-state index contributed by atoms with van der Waals surface area (Å²) in [7, 11) is 0. The van der Waals surface area contributed by atoms with Crippen molar-refractivity contribution in [3.8, 4) is 0 Å². The molecule has 0 aliphatic rings. The largest absolute Gasteiger partial charge is 0.444 e. The molecule has 0 aliphatic heterocycles. The Morgan fingerprint density at radius 1 is 1.39 bits per heavy atom. The number of aromatic nitrogens is 2. The van der Waals surface area contributed by atoms with Gasteiger partial charge in [0.25, 0.3) is 0 Å². The Bertz CT molecular complexity index is 451. The monoisotopic (exact) mass is 271 g/mol. The Labute approximate surface area is 110 Å². The molecule has 0 spiro atoms. The molecule has 0 bridgehead atoms. The number of nitrogens with one attached hydrogen (secondary N) is 1. The molecular formula is C11H17N3O3S. The first-order chi connectivity index (χ1) is 8.19. The van der Waals surface area contributed by atoms with Crippen molar-refractivity contribution in [1.29, 1.82) is 0 Å². The Morgan fingerprint density at radius 2 is 2.00 bits per heavy atom. The van der Waals surface area contributed by atoms with E-state index < -0.39 is 23.5 Å². The summed E-state index contributed by atoms with van der Waals surface area (Å²) in [5.41, 5.74) is -0.632. The van der Waals surface area contributed by atoms with Crippen molar-refractivity contribution in [2.24, 2.45) is 0 Å². The van der Waals surface area contributed by atoms with Gasteiger partial charge in [0.05, 0.1) is 5.92 Å². The Hall–Kier alpha value is -1.50. The number of carbonyl (C=O) groups excluding carboxylic acids is 2. The van der Waals surface area contributed by atoms with Crippen molar-refractivity contribution >= 4 is 23.5 Å². The van der Waals surface area contributed by atoms with Gasteiger partial charge in [0.1, 0.15) is 16.4 Å². The van der Waals surface area contributed by atoms with E-state index in [4.69, 9.17) is 4.74 Å². The molecule has 1 aromatic heterocycles. The fourth-order valence-electron chi connectivity index (χ4n) is 1.11. The SMILES string of the molecule is Cc1nsc(C(C)C(=O)NC(=O)OC(C)(C)C)n1. The van der Waals surface area contributed by atoms with Gasteiger partial charge in [0, 0.05) is 0 Å². The van der Waals surface area contributed by atoms with Gasteiger partial charge < -0.3 is 4.74 Å². The predicted molar refractivity (Wildman–Crippen MR) is 67.4 cm³/mol. The highest BCUT2D eigenvalue weighted by atomic mass is 32.1. The third-order valence-electron chi connectivity index (χ3n) is 1.93. The van der Waals surface area contributed by atoms with E-state index in [9.17, 15) is 9.59 Å². The maximum absolute atomic E-state index is 11.8. The van der Waals surface area contributed by atoms with Crippen LogP contribution in [0.5, 0.6) is 0 Å². The summed E-state index contributed by atoms with van der Waals surface area (Å²) in [6, 6.07) is 0. The number of imide groups is 1. The molecule has 6 nitrogen and oxygen atoms in total. The van der Waals surface area contributed by atoms with Gasteiger partial charge in [-0.1, -0.05) is 0 Å². The fourth-order valence-corrected chi connectivity index (χ4v) is 1.82. The maximum Gasteiger partial charge on any atom is 0.414 e. The van der Waals surface area contributed by atoms with Crippen molar-refractivity contribution < 1.29 is 14.3 Å². The van der Waals surface area contributed by atoms with E-state index >= 15 is 0 Å². The van der Waals surface area contributed by atoms with Crippen LogP contribution in [0.15, 0.2) is 0 Å². The van der Waals surface area contributed by atoms with E-state index in [1.807, 2.05) is 0 Å². The van der Waals surface area contributed by atoms with Gasteiger partial charge in [-0.15, -0.1) is 0 Å². The van der Waals surface area contributed by atoms with Crippen LogP contribution < -0.4 is 5.32 Å². The number of nitrogens with zero attached hydrogens (tertiary/aromatic N) is 2. The number of aryl methyl sites for hydroxylation is 1. The molecule has 0 aromatic carbocycles. The highest BCUT2D eigenvalue weighted by Gasteiger charge is 2.24. The minimum Gasteiger partial charge on any atom is -0.444 e. The first kappa shape index (κ1) is 14.6. The molecule has 0 saturated heterocycles. The molecule has 100 valence electrons. The summed E-state index contributed by atoms with van der Waals surface area (Å²) < 4.78 is 8.99. The molecule has 2 amide bonds. The van der Waals surface area contributed by atoms with Gasteiger partial charge in [-0.25, -0.2) is 9.78 Å². The predicted octanol–water partition coefficient (Wildman–Crippen LogP) is 2.00. The molecule has 0 saturated carbocycles. The lowest BCUT2D eigenvalue weighted by Gasteiger charge is -2.19. The molecule has 0 fully saturated rings. The molecular weight excluding hydrogens is 254 g/mol. The number of carbonyl (C=O) groups is 2. The standard InChI is InChI=1S/C11H17N3O3S/c1-6(9-12-7(2)14-18-9)8(15)13-10(16)17-11(3,4)5/h6H,1-5H3,(H,13,15,16). The zero-order valence-electron chi connectivity index (χ0n) is 11.1. The lowest BCUT2D eigenvalue weighted by molar-refractivity contribution is -0.121. The second-order valence-corrected chi connectivity index (χ2v) is 5.68. The molecule has 0 radical (unpaired) electrons. The van der Waals surface area contributed by atoms with Crippen molar-refractivity contribution in [1.82, 2.24) is 14.7 Å². The minimum absolute atomic E-state index is 0.444. The summed E-state index contributed by atoms with van der Waals surface area (Å²) in [5, 5.41) is 2.76. The number of hydrogen-bond donors (Lipinski definition) is 1. The van der Waals surface area contributed by atoms with Crippen molar-refractivity contribution in [2.45, 2.75) is 46.1 Å². The van der Waals surface area contributed by atoms with E-state index in [-0.39, 0.29) is 0 Å². The summed E-state index contributed by atoms with van der Waals surface area (Å²) in [5.74, 6) is -0.351. The molecule has 1 rings (SSSR count). The second-order valence-electron chi connectivity index (χ2n) is 4.89. The first-order valence-electron chi connectivity index (χ1n) is 5.53. The average molecular weight is 271 g/mol. The number of amides is 2. The van der Waals surface area contributed by atoms with E-state index in [1.54, 1.807) is 34.6 Å². The van der Waals surface area contributed by atoms with Crippen LogP contribution in [0.1, 0.15) is 44.4 Å². The first-order valence-corrected chi connectivity index (χ1v) is 6.30. The third-order valence-corrected chi connectivity index (χ3v) is 2.92. The smallest absolute Gasteiger partial charge is 0.414 e. The third kappa shape index (κ3) is 4.40. The van der Waals surface area contributed by atoms with Crippen LogP contribution in [0.2, 0.25) is 0 Å². The van der Waals surface area contributed by atoms with Gasteiger partial charge in [-0.2, -0.15) is 4.37 Å². The van der Waals surface area contributed by atoms with Crippen molar-refractivity contribution in [2.75, 3.05) is 0 Å². The van der Waals surface area contributed by atoms with E-state index in [1.165, 1.54) is 0 Å². The second kappa shape index (κ2) is 5.43. The topological polar surface area (TPSA) is 81.2 Å². The van der Waals surface area contributed by atoms with Crippen LogP contribution >= 0.6 is 11.5 Å². The van der Waals surface area contributed by atoms with Gasteiger partial charge in [-0.05, 0) is 46.2 Å². The summed E-state index contributed by atoms with van der Waals surface area (Å²) in [6.45, 7) is 8.61. The molecule has 1 atom stereocenters. The van der Waals surface area contributed by atoms with Gasteiger partial charge in [0.2, 0.25) is 5.91 Å². The van der Waals surface area contributed by atoms with Crippen LogP contribution in [0.4, 0.5) is 4.79 Å². The lowest BCUT2D eigenvalue weighted by atomic mass is 10.2. The summed E-state index contributed by atoms with van der Waals surface area (Å²) in [6.07, 6.45) is -0.749. The van der Waals surface area contributed by atoms with Gasteiger partial charge in [0.15, 0.2) is 0 Å². The molecule has 0 aliphatic carbocycles. The molecule has 1 aromatic rings. The van der Waals surface area contributed by atoms with Crippen molar-refractivity contribution in [3.05, 3.63) is 10.8 Å². The average Bonchev–Trinajstić information content (AvgIpc) is 2.60. The van der Waals surface area contributed by atoms with Gasteiger partial charge >= 0.3 is 6.09 Å². The molecule has 7 heteroatoms. The fraction of sp³-hybridized carbons (Fsp3) is 0.636. The summed E-state index contributed by atoms with van der Waals surface area (Å²) in [4.78, 5) is 27.3. The summed E-state index contributed by atoms with van der Waals surface area (Å²) >= 11 is 1.15. The Balaban J connectivity index is 2.58. The highest BCUT2D eigenvalue weighted by Crippen LogP contribution is 2.17. The lowest BCUT2D eigenvalue weighted by Crippen LogP contribution is -2.38. The number of hydrogen-bond acceptors (Lipinski definition) is 6. The van der Waals surface area contributed by atoms with E-state index in [0.717, 1.165) is 11.5 Å². The Kier molecular flexibility index (Phi) is 4.39. The van der Waals surface area contributed by atoms with Crippen LogP contribution in [0.25, 0.3) is 0 Å². The molecule has 18 heavy (non-hydrogen) atoms. The minimum atomic E-state index is -0.749. The zero-order chi connectivity index (χ0) is 13.9. The molecule has 1 unspecified atom stereocenters. The number of rotatable bonds is 2. The molecule has 1 N–H and O–H groups in total. The highest BCUT2D eigenvalue weighted by molar-refractivity contribution is 7.05. The quantitative estimate of drug-likeness (QED) is 0.889. The number of ether oxygens (including phenoxy) is 1. The van der Waals surface area contributed by atoms with E-state index in [2.05, 4.69) is 14.7 Å².